The molecule has 1 fully saturated rings. The van der Waals surface area contributed by atoms with Gasteiger partial charge in [-0.25, -0.2) is 0 Å². The predicted octanol–water partition coefficient (Wildman–Crippen LogP) is 1.65. The Kier molecular flexibility index (Phi) is 4.94. The van der Waals surface area contributed by atoms with E-state index in [2.05, 4.69) is 22.9 Å². The molecule has 1 aliphatic rings. The quantitative estimate of drug-likeness (QED) is 0.774. The minimum atomic E-state index is -0.220. The second kappa shape index (κ2) is 5.47. The highest BCUT2D eigenvalue weighted by Crippen LogP contribution is 2.26. The molecule has 72 valence electrons. The van der Waals surface area contributed by atoms with Crippen molar-refractivity contribution in [2.75, 3.05) is 17.7 Å². The van der Waals surface area contributed by atoms with E-state index in [9.17, 15) is 5.11 Å². The van der Waals surface area contributed by atoms with Crippen molar-refractivity contribution >= 4 is 27.7 Å². The largest absolute Gasteiger partial charge is 0.391 e. The van der Waals surface area contributed by atoms with Gasteiger partial charge in [0.15, 0.2) is 0 Å². The molecule has 0 spiro atoms. The first-order valence-corrected chi connectivity index (χ1v) is 6.38. The van der Waals surface area contributed by atoms with Crippen LogP contribution in [0.25, 0.3) is 0 Å². The molecule has 1 aliphatic heterocycles. The normalized spacial score (nSPS) is 32.2. The van der Waals surface area contributed by atoms with Crippen LogP contribution in [0.1, 0.15) is 13.3 Å². The van der Waals surface area contributed by atoms with E-state index < -0.39 is 0 Å². The Balaban J connectivity index is 2.13. The van der Waals surface area contributed by atoms with Crippen LogP contribution in [0.2, 0.25) is 0 Å². The Bertz CT molecular complexity index is 134. The van der Waals surface area contributed by atoms with E-state index in [1.165, 1.54) is 0 Å². The van der Waals surface area contributed by atoms with Gasteiger partial charge < -0.3 is 9.84 Å². The van der Waals surface area contributed by atoms with Crippen LogP contribution in [0.3, 0.4) is 0 Å². The fraction of sp³-hybridized carbons (Fsp3) is 1.00. The third kappa shape index (κ3) is 3.24. The predicted molar refractivity (Wildman–Crippen MR) is 56.1 cm³/mol. The average molecular weight is 255 g/mol. The first-order valence-electron chi connectivity index (χ1n) is 4.21. The van der Waals surface area contributed by atoms with Crippen molar-refractivity contribution in [3.63, 3.8) is 0 Å². The van der Waals surface area contributed by atoms with Crippen LogP contribution in [0.15, 0.2) is 0 Å². The Morgan fingerprint density at radius 2 is 2.50 bits per heavy atom. The van der Waals surface area contributed by atoms with Crippen molar-refractivity contribution in [2.24, 2.45) is 0 Å². The van der Waals surface area contributed by atoms with Gasteiger partial charge in [0.05, 0.1) is 12.2 Å². The van der Waals surface area contributed by atoms with Crippen LogP contribution in [0.5, 0.6) is 0 Å². The maximum Gasteiger partial charge on any atom is 0.0727 e. The summed E-state index contributed by atoms with van der Waals surface area (Å²) in [6.45, 7) is 2.98. The number of rotatable bonds is 4. The summed E-state index contributed by atoms with van der Waals surface area (Å²) in [6.07, 6.45) is 1.27. The van der Waals surface area contributed by atoms with Crippen molar-refractivity contribution in [3.05, 3.63) is 0 Å². The molecule has 0 aromatic carbocycles. The molecule has 12 heavy (non-hydrogen) atoms. The highest BCUT2D eigenvalue weighted by atomic mass is 79.9. The van der Waals surface area contributed by atoms with Gasteiger partial charge in [0.25, 0.3) is 0 Å². The second-order valence-electron chi connectivity index (χ2n) is 3.04. The number of halogens is 1. The van der Waals surface area contributed by atoms with Crippen LogP contribution < -0.4 is 0 Å². The standard InChI is InChI=1S/C8H15BrO2S/c1-6-8(2-3-11-6)12-5-7(10)4-9/h6-8,10H,2-5H2,1H3. The van der Waals surface area contributed by atoms with Crippen molar-refractivity contribution in [1.29, 1.82) is 0 Å². The summed E-state index contributed by atoms with van der Waals surface area (Å²) in [6, 6.07) is 0. The molecule has 0 radical (unpaired) electrons. The van der Waals surface area contributed by atoms with Gasteiger partial charge in [-0.2, -0.15) is 11.8 Å². The van der Waals surface area contributed by atoms with Crippen LogP contribution in [0.4, 0.5) is 0 Å². The first-order chi connectivity index (χ1) is 5.74. The van der Waals surface area contributed by atoms with Gasteiger partial charge in [-0.1, -0.05) is 15.9 Å². The third-order valence-corrected chi connectivity index (χ3v) is 4.36. The number of hydrogen-bond donors (Lipinski definition) is 1. The van der Waals surface area contributed by atoms with Gasteiger partial charge >= 0.3 is 0 Å². The van der Waals surface area contributed by atoms with Crippen molar-refractivity contribution in [3.8, 4) is 0 Å². The molecule has 0 bridgehead atoms. The van der Waals surface area contributed by atoms with Crippen molar-refractivity contribution < 1.29 is 9.84 Å². The lowest BCUT2D eigenvalue weighted by Gasteiger charge is -2.14. The Labute approximate surface area is 86.2 Å². The number of alkyl halides is 1. The van der Waals surface area contributed by atoms with E-state index in [0.717, 1.165) is 18.8 Å². The topological polar surface area (TPSA) is 29.5 Å². The lowest BCUT2D eigenvalue weighted by molar-refractivity contribution is 0.127. The summed E-state index contributed by atoms with van der Waals surface area (Å²) in [4.78, 5) is 0. The Hall–Kier alpha value is 0.750. The minimum Gasteiger partial charge on any atom is -0.391 e. The van der Waals surface area contributed by atoms with Gasteiger partial charge in [-0.05, 0) is 13.3 Å². The highest BCUT2D eigenvalue weighted by molar-refractivity contribution is 9.09. The number of ether oxygens (including phenoxy) is 1. The van der Waals surface area contributed by atoms with E-state index in [1.807, 2.05) is 11.8 Å². The minimum absolute atomic E-state index is 0.220. The maximum absolute atomic E-state index is 9.30. The Morgan fingerprint density at radius 3 is 3.00 bits per heavy atom. The van der Waals surface area contributed by atoms with Gasteiger partial charge in [0.1, 0.15) is 0 Å². The van der Waals surface area contributed by atoms with E-state index in [0.29, 0.717) is 16.7 Å². The average Bonchev–Trinajstić information content (AvgIpc) is 2.47. The molecule has 0 amide bonds. The fourth-order valence-electron chi connectivity index (χ4n) is 1.21. The molecule has 0 aromatic rings. The first kappa shape index (κ1) is 10.8. The molecule has 3 atom stereocenters. The van der Waals surface area contributed by atoms with Gasteiger partial charge in [-0.15, -0.1) is 0 Å². The Morgan fingerprint density at radius 1 is 1.75 bits per heavy atom. The summed E-state index contributed by atoms with van der Waals surface area (Å²) in [5, 5.41) is 10.5. The van der Waals surface area contributed by atoms with Crippen LogP contribution in [-0.2, 0) is 4.74 Å². The molecular formula is C8H15BrO2S. The SMILES string of the molecule is CC1OCCC1SCC(O)CBr. The van der Waals surface area contributed by atoms with Gasteiger partial charge in [0.2, 0.25) is 0 Å². The monoisotopic (exact) mass is 254 g/mol. The third-order valence-electron chi connectivity index (χ3n) is 1.99. The molecule has 0 saturated carbocycles. The number of thioether (sulfide) groups is 1. The molecule has 1 heterocycles. The van der Waals surface area contributed by atoms with Gasteiger partial charge in [-0.3, -0.25) is 0 Å². The van der Waals surface area contributed by atoms with E-state index in [-0.39, 0.29) is 6.10 Å². The molecule has 2 nitrogen and oxygen atoms in total. The molecule has 0 aliphatic carbocycles. The van der Waals surface area contributed by atoms with Crippen molar-refractivity contribution in [2.45, 2.75) is 30.8 Å². The van der Waals surface area contributed by atoms with E-state index >= 15 is 0 Å². The molecule has 0 aromatic heterocycles. The van der Waals surface area contributed by atoms with E-state index in [4.69, 9.17) is 4.74 Å². The van der Waals surface area contributed by atoms with Gasteiger partial charge in [0, 0.05) is 22.9 Å². The summed E-state index contributed by atoms with van der Waals surface area (Å²) < 4.78 is 5.42. The van der Waals surface area contributed by atoms with Crippen molar-refractivity contribution in [1.82, 2.24) is 0 Å². The van der Waals surface area contributed by atoms with E-state index in [1.54, 1.807) is 0 Å². The number of aliphatic hydroxyl groups is 1. The molecule has 4 heteroatoms. The molecule has 1 rings (SSSR count). The van der Waals surface area contributed by atoms with Crippen LogP contribution >= 0.6 is 27.7 Å². The molecule has 3 unspecified atom stereocenters. The summed E-state index contributed by atoms with van der Waals surface area (Å²) in [7, 11) is 0. The zero-order valence-electron chi connectivity index (χ0n) is 7.20. The molecular weight excluding hydrogens is 240 g/mol. The maximum atomic E-state index is 9.30. The number of hydrogen-bond acceptors (Lipinski definition) is 3. The zero-order valence-corrected chi connectivity index (χ0v) is 9.60. The van der Waals surface area contributed by atoms with Crippen LogP contribution in [0, 0.1) is 0 Å². The molecule has 1 saturated heterocycles. The number of aliphatic hydroxyl groups excluding tert-OH is 1. The summed E-state index contributed by atoms with van der Waals surface area (Å²) in [5.74, 6) is 0.809. The highest BCUT2D eigenvalue weighted by Gasteiger charge is 2.24. The second-order valence-corrected chi connectivity index (χ2v) is 4.96. The smallest absolute Gasteiger partial charge is 0.0727 e. The van der Waals surface area contributed by atoms with Crippen LogP contribution in [-0.4, -0.2) is 40.3 Å². The fourth-order valence-corrected chi connectivity index (χ4v) is 2.94. The molecule has 1 N–H and O–H groups in total. The zero-order chi connectivity index (χ0) is 8.97. The lowest BCUT2D eigenvalue weighted by Crippen LogP contribution is -2.19. The summed E-state index contributed by atoms with van der Waals surface area (Å²) in [5.41, 5.74) is 0. The lowest BCUT2D eigenvalue weighted by atomic mass is 10.3. The summed E-state index contributed by atoms with van der Waals surface area (Å²) >= 11 is 5.06.